The lowest BCUT2D eigenvalue weighted by atomic mass is 10.0. The van der Waals surface area contributed by atoms with Crippen LogP contribution in [0.2, 0.25) is 0 Å². The van der Waals surface area contributed by atoms with Crippen molar-refractivity contribution in [2.24, 2.45) is 0 Å². The minimum Gasteiger partial charge on any atom is -0.454 e. The van der Waals surface area contributed by atoms with Crippen molar-refractivity contribution < 1.29 is 36.2 Å². The first-order chi connectivity index (χ1) is 28.9. The Kier molecular flexibility index (Phi) is 11.9. The van der Waals surface area contributed by atoms with Crippen LogP contribution in [-0.4, -0.2) is 57.1 Å². The van der Waals surface area contributed by atoms with Crippen LogP contribution in [0.15, 0.2) is 125 Å². The lowest BCUT2D eigenvalue weighted by molar-refractivity contribution is -0.127. The monoisotopic (exact) mass is 897 g/mol. The Balaban J connectivity index is 1.19. The topological polar surface area (TPSA) is 119 Å². The Morgan fingerprint density at radius 3 is 2.58 bits per heavy atom. The van der Waals surface area contributed by atoms with E-state index >= 15 is 8.78 Å². The number of aromatic nitrogens is 5. The summed E-state index contributed by atoms with van der Waals surface area (Å²) in [5.41, 5.74) is 1.68. The van der Waals surface area contributed by atoms with E-state index in [9.17, 15) is 13.2 Å². The fourth-order valence-corrected chi connectivity index (χ4v) is 9.29. The zero-order valence-corrected chi connectivity index (χ0v) is 35.3. The van der Waals surface area contributed by atoms with E-state index < -0.39 is 33.3 Å². The molecule has 0 saturated carbocycles. The van der Waals surface area contributed by atoms with E-state index in [1.54, 1.807) is 65.9 Å². The quantitative estimate of drug-likeness (QED) is 0.0934. The molecule has 8 rings (SSSR count). The average Bonchev–Trinajstić information content (AvgIpc) is 4.03. The summed E-state index contributed by atoms with van der Waals surface area (Å²) in [5.74, 6) is -1.39. The van der Waals surface area contributed by atoms with Gasteiger partial charge in [-0.25, -0.2) is 25.9 Å². The lowest BCUT2D eigenvalue weighted by Gasteiger charge is -2.24. The number of benzene rings is 4. The standard InChI is InChI=1S/C45H42BrF2N5O6S/c1-45(2,29-54)58-22-18-40(31-9-8-10-32(46)24-31)53-41(16-19-49-53)37-25-33(14-15-38(37)47)59-44-36(23-30-27-50-51(28-30)43-13-6-7-21-57-43)35-17-20-52(42(35)26-39(44)48)60(55,56)34-11-4-3-5-12-34/h3-5,8-12,14-17,19-20,24-29,40,43H,6-7,13,18,21-23H2,1-2H3. The molecule has 0 radical (unpaired) electrons. The highest BCUT2D eigenvalue weighted by Gasteiger charge is 2.27. The summed E-state index contributed by atoms with van der Waals surface area (Å²) in [4.78, 5) is 11.6. The van der Waals surface area contributed by atoms with Crippen molar-refractivity contribution in [3.05, 3.63) is 149 Å². The summed E-state index contributed by atoms with van der Waals surface area (Å²) in [5, 5.41) is 9.62. The van der Waals surface area contributed by atoms with Gasteiger partial charge >= 0.3 is 0 Å². The molecule has 0 N–H and O–H groups in total. The number of fused-ring (bicyclic) bond motifs is 1. The van der Waals surface area contributed by atoms with Crippen LogP contribution < -0.4 is 4.74 Å². The molecule has 4 aromatic carbocycles. The molecule has 0 amide bonds. The van der Waals surface area contributed by atoms with Gasteiger partial charge in [0.1, 0.15) is 23.4 Å². The molecule has 1 saturated heterocycles. The van der Waals surface area contributed by atoms with Crippen LogP contribution in [0.4, 0.5) is 8.78 Å². The van der Waals surface area contributed by atoms with Crippen molar-refractivity contribution in [3.63, 3.8) is 0 Å². The molecule has 11 nitrogen and oxygen atoms in total. The Morgan fingerprint density at radius 1 is 0.983 bits per heavy atom. The van der Waals surface area contributed by atoms with E-state index in [1.165, 1.54) is 36.5 Å². The van der Waals surface area contributed by atoms with Gasteiger partial charge in [-0.3, -0.25) is 4.68 Å². The van der Waals surface area contributed by atoms with Crippen LogP contribution in [0.5, 0.6) is 11.5 Å². The number of nitrogens with zero attached hydrogens (tertiary/aromatic N) is 5. The summed E-state index contributed by atoms with van der Waals surface area (Å²) in [6.07, 6.45) is 10.3. The van der Waals surface area contributed by atoms with Crippen molar-refractivity contribution in [2.75, 3.05) is 13.2 Å². The van der Waals surface area contributed by atoms with E-state index in [4.69, 9.17) is 14.2 Å². The van der Waals surface area contributed by atoms with E-state index in [-0.39, 0.29) is 46.7 Å². The normalized spacial score (nSPS) is 15.3. The second-order valence-corrected chi connectivity index (χ2v) is 17.9. The van der Waals surface area contributed by atoms with Crippen LogP contribution in [0, 0.1) is 11.6 Å². The molecule has 3 aromatic heterocycles. The second-order valence-electron chi connectivity index (χ2n) is 15.2. The van der Waals surface area contributed by atoms with Crippen molar-refractivity contribution in [1.82, 2.24) is 23.5 Å². The minimum atomic E-state index is -4.09. The summed E-state index contributed by atoms with van der Waals surface area (Å²) in [6, 6.07) is 23.8. The summed E-state index contributed by atoms with van der Waals surface area (Å²) >= 11 is 3.55. The molecule has 1 aliphatic heterocycles. The molecule has 2 atom stereocenters. The largest absolute Gasteiger partial charge is 0.454 e. The van der Waals surface area contributed by atoms with Crippen molar-refractivity contribution in [1.29, 1.82) is 0 Å². The molecule has 15 heteroatoms. The highest BCUT2D eigenvalue weighted by molar-refractivity contribution is 9.10. The molecule has 0 spiro atoms. The average molecular weight is 899 g/mol. The first-order valence-corrected chi connectivity index (χ1v) is 21.8. The number of carbonyl (C=O) groups is 1. The zero-order chi connectivity index (χ0) is 42.0. The molecule has 0 bridgehead atoms. The van der Waals surface area contributed by atoms with Gasteiger partial charge in [0.15, 0.2) is 17.9 Å². The van der Waals surface area contributed by atoms with E-state index in [2.05, 4.69) is 26.1 Å². The predicted octanol–water partition coefficient (Wildman–Crippen LogP) is 10.0. The molecule has 310 valence electrons. The number of aldehydes is 1. The van der Waals surface area contributed by atoms with Crippen molar-refractivity contribution in [2.45, 2.75) is 68.7 Å². The first kappa shape index (κ1) is 41.3. The van der Waals surface area contributed by atoms with Gasteiger partial charge in [0, 0.05) is 58.7 Å². The zero-order valence-electron chi connectivity index (χ0n) is 32.9. The molecule has 1 fully saturated rings. The SMILES string of the molecule is CC(C)(C=O)OCCC(c1cccc(Br)c1)n1nccc1-c1cc(Oc2c(F)cc3c(ccn3S(=O)(=O)c3ccccc3)c2Cc2cnn(C3CCCCO3)c2)ccc1F. The first-order valence-electron chi connectivity index (χ1n) is 19.6. The smallest absolute Gasteiger partial charge is 0.268 e. The molecule has 2 unspecified atom stereocenters. The fraction of sp³-hybridized carbons (Fsp3) is 0.267. The lowest BCUT2D eigenvalue weighted by Crippen LogP contribution is -2.28. The van der Waals surface area contributed by atoms with E-state index in [1.807, 2.05) is 30.5 Å². The number of halogens is 3. The van der Waals surface area contributed by atoms with Crippen molar-refractivity contribution in [3.8, 4) is 22.8 Å². The van der Waals surface area contributed by atoms with Gasteiger partial charge in [0.05, 0.1) is 35.0 Å². The Labute approximate surface area is 354 Å². The van der Waals surface area contributed by atoms with Gasteiger partial charge in [-0.2, -0.15) is 10.2 Å². The van der Waals surface area contributed by atoms with Gasteiger partial charge in [0.25, 0.3) is 10.0 Å². The van der Waals surface area contributed by atoms with Crippen LogP contribution in [0.3, 0.4) is 0 Å². The Morgan fingerprint density at radius 2 is 1.82 bits per heavy atom. The van der Waals surface area contributed by atoms with Crippen molar-refractivity contribution >= 4 is 43.1 Å². The van der Waals surface area contributed by atoms with Gasteiger partial charge < -0.3 is 19.0 Å². The van der Waals surface area contributed by atoms with E-state index in [0.29, 0.717) is 29.7 Å². The molecule has 60 heavy (non-hydrogen) atoms. The fourth-order valence-electron chi connectivity index (χ4n) is 7.51. The third kappa shape index (κ3) is 8.57. The summed E-state index contributed by atoms with van der Waals surface area (Å²) in [7, 11) is -4.09. The minimum absolute atomic E-state index is 0.0519. The summed E-state index contributed by atoms with van der Waals surface area (Å²) < 4.78 is 83.9. The van der Waals surface area contributed by atoms with Crippen LogP contribution in [-0.2, 0) is 30.7 Å². The molecular weight excluding hydrogens is 856 g/mol. The molecule has 4 heterocycles. The van der Waals surface area contributed by atoms with Gasteiger partial charge in [-0.1, -0.05) is 46.3 Å². The maximum Gasteiger partial charge on any atom is 0.268 e. The Bertz CT molecular complexity index is 2760. The molecule has 1 aliphatic rings. The van der Waals surface area contributed by atoms with Gasteiger partial charge in [-0.05, 0) is 105 Å². The number of hydrogen-bond donors (Lipinski definition) is 0. The number of ether oxygens (including phenoxy) is 3. The van der Waals surface area contributed by atoms with E-state index in [0.717, 1.165) is 51.2 Å². The maximum atomic E-state index is 16.7. The summed E-state index contributed by atoms with van der Waals surface area (Å²) in [6.45, 7) is 4.20. The third-order valence-electron chi connectivity index (χ3n) is 10.5. The maximum absolute atomic E-state index is 16.7. The third-order valence-corrected chi connectivity index (χ3v) is 12.7. The van der Waals surface area contributed by atoms with Gasteiger partial charge in [0.2, 0.25) is 0 Å². The molecule has 7 aromatic rings. The number of hydrogen-bond acceptors (Lipinski definition) is 8. The number of rotatable bonds is 15. The Hall–Kier alpha value is -5.48. The van der Waals surface area contributed by atoms with Crippen LogP contribution in [0.1, 0.15) is 68.5 Å². The molecule has 0 aliphatic carbocycles. The van der Waals surface area contributed by atoms with Gasteiger partial charge in [-0.15, -0.1) is 0 Å². The molecular formula is C45H42BrF2N5O6S. The highest BCUT2D eigenvalue weighted by Crippen LogP contribution is 2.40. The second kappa shape index (κ2) is 17.2. The number of carbonyl (C=O) groups excluding carboxylic acids is 1. The van der Waals surface area contributed by atoms with Crippen LogP contribution >= 0.6 is 15.9 Å². The highest BCUT2D eigenvalue weighted by atomic mass is 79.9. The predicted molar refractivity (Wildman–Crippen MR) is 225 cm³/mol. The van der Waals surface area contributed by atoms with Crippen LogP contribution in [0.25, 0.3) is 22.2 Å².